The van der Waals surface area contributed by atoms with Crippen LogP contribution < -0.4 is 0 Å². The molecule has 150 valence electrons. The van der Waals surface area contributed by atoms with Gasteiger partial charge in [0.1, 0.15) is 5.75 Å². The molecule has 0 heterocycles. The molecule has 3 heteroatoms. The second-order valence-electron chi connectivity index (χ2n) is 10.3. The number of aliphatic hydroxyl groups is 1. The van der Waals surface area contributed by atoms with Crippen molar-refractivity contribution in [3.8, 4) is 5.75 Å². The van der Waals surface area contributed by atoms with Gasteiger partial charge in [-0.25, -0.2) is 0 Å². The van der Waals surface area contributed by atoms with Crippen molar-refractivity contribution in [1.29, 1.82) is 0 Å². The highest BCUT2D eigenvalue weighted by atomic mass is 16.3. The van der Waals surface area contributed by atoms with E-state index in [1.807, 2.05) is 6.07 Å². The minimum atomic E-state index is -0.209. The predicted octanol–water partition coefficient (Wildman–Crippen LogP) is 5.69. The van der Waals surface area contributed by atoms with E-state index in [0.717, 1.165) is 36.8 Å². The van der Waals surface area contributed by atoms with E-state index in [2.05, 4.69) is 34.6 Å². The Hall–Kier alpha value is -1.35. The van der Waals surface area contributed by atoms with Crippen LogP contribution in [0.4, 0.5) is 0 Å². The molecule has 0 saturated heterocycles. The van der Waals surface area contributed by atoms with E-state index in [1.165, 1.54) is 6.42 Å². The van der Waals surface area contributed by atoms with E-state index in [1.54, 1.807) is 12.1 Å². The van der Waals surface area contributed by atoms with Crippen LogP contribution in [-0.4, -0.2) is 22.1 Å². The van der Waals surface area contributed by atoms with Crippen LogP contribution in [0.25, 0.3) is 0 Å². The molecule has 2 N–H and O–H groups in total. The second-order valence-corrected chi connectivity index (χ2v) is 10.3. The molecular formula is C24H36O3. The summed E-state index contributed by atoms with van der Waals surface area (Å²) in [4.78, 5) is 12.5. The predicted molar refractivity (Wildman–Crippen MR) is 109 cm³/mol. The number of ketones is 1. The molecule has 3 aliphatic carbocycles. The molecule has 0 radical (unpaired) electrons. The molecule has 0 bridgehead atoms. The number of carbonyl (C=O) groups excluding carboxylic acids is 1. The maximum absolute atomic E-state index is 12.5. The fourth-order valence-electron chi connectivity index (χ4n) is 5.36. The van der Waals surface area contributed by atoms with Gasteiger partial charge in [-0.3, -0.25) is 4.79 Å². The van der Waals surface area contributed by atoms with Crippen molar-refractivity contribution in [2.75, 3.05) is 0 Å². The third-order valence-electron chi connectivity index (χ3n) is 7.61. The van der Waals surface area contributed by atoms with Crippen LogP contribution in [0, 0.1) is 22.7 Å². The summed E-state index contributed by atoms with van der Waals surface area (Å²) >= 11 is 0. The second kappa shape index (κ2) is 7.24. The van der Waals surface area contributed by atoms with Gasteiger partial charge >= 0.3 is 0 Å². The number of phenols is 1. The average Bonchev–Trinajstić information content (AvgIpc) is 2.91. The third kappa shape index (κ3) is 3.81. The number of fused-ring (bicyclic) bond motifs is 5. The SMILES string of the molecule is CC12CCC3c4ccc(O)cc4C(=O)CC3C1CCC2O.CCC(C)(C)C. The lowest BCUT2D eigenvalue weighted by Crippen LogP contribution is -2.44. The van der Waals surface area contributed by atoms with Crippen molar-refractivity contribution in [3.05, 3.63) is 29.3 Å². The smallest absolute Gasteiger partial charge is 0.163 e. The van der Waals surface area contributed by atoms with Crippen molar-refractivity contribution in [1.82, 2.24) is 0 Å². The molecule has 4 rings (SSSR count). The first-order valence-electron chi connectivity index (χ1n) is 10.6. The first-order valence-corrected chi connectivity index (χ1v) is 10.6. The van der Waals surface area contributed by atoms with Crippen LogP contribution in [0.5, 0.6) is 5.75 Å². The molecule has 0 aromatic heterocycles. The summed E-state index contributed by atoms with van der Waals surface area (Å²) < 4.78 is 0. The number of benzene rings is 1. The van der Waals surface area contributed by atoms with Crippen LogP contribution in [0.15, 0.2) is 18.2 Å². The molecule has 5 unspecified atom stereocenters. The lowest BCUT2D eigenvalue weighted by molar-refractivity contribution is -0.0208. The average molecular weight is 373 g/mol. The van der Waals surface area contributed by atoms with Gasteiger partial charge in [0.2, 0.25) is 0 Å². The zero-order valence-electron chi connectivity index (χ0n) is 17.6. The van der Waals surface area contributed by atoms with E-state index < -0.39 is 0 Å². The maximum Gasteiger partial charge on any atom is 0.163 e. The summed E-state index contributed by atoms with van der Waals surface area (Å²) in [6.45, 7) is 11.1. The fraction of sp³-hybridized carbons (Fsp3) is 0.708. The maximum atomic E-state index is 12.5. The van der Waals surface area contributed by atoms with E-state index in [-0.39, 0.29) is 23.1 Å². The Bertz CT molecular complexity index is 702. The zero-order valence-corrected chi connectivity index (χ0v) is 17.6. The number of aliphatic hydroxyl groups excluding tert-OH is 1. The lowest BCUT2D eigenvalue weighted by atomic mass is 9.55. The van der Waals surface area contributed by atoms with Gasteiger partial charge in [0.05, 0.1) is 6.10 Å². The standard InChI is InChI=1S/C18H22O3.C6H14/c1-18-7-6-12-11-3-2-10(19)8-14(11)16(20)9-13(12)15(18)4-5-17(18)21;1-5-6(2,3)4/h2-3,8,12-13,15,17,19,21H,4-7,9H2,1H3;5H2,1-4H3. The van der Waals surface area contributed by atoms with E-state index in [4.69, 9.17) is 0 Å². The quantitative estimate of drug-likeness (QED) is 0.615. The highest BCUT2D eigenvalue weighted by molar-refractivity contribution is 5.99. The molecule has 2 fully saturated rings. The van der Waals surface area contributed by atoms with Crippen molar-refractivity contribution in [2.24, 2.45) is 22.7 Å². The number of rotatable bonds is 0. The van der Waals surface area contributed by atoms with E-state index >= 15 is 0 Å². The Morgan fingerprint density at radius 1 is 1.19 bits per heavy atom. The van der Waals surface area contributed by atoms with Crippen LogP contribution in [0.2, 0.25) is 0 Å². The van der Waals surface area contributed by atoms with Gasteiger partial charge in [-0.15, -0.1) is 0 Å². The highest BCUT2D eigenvalue weighted by Gasteiger charge is 2.55. The molecule has 0 spiro atoms. The van der Waals surface area contributed by atoms with E-state index in [9.17, 15) is 15.0 Å². The Morgan fingerprint density at radius 3 is 2.48 bits per heavy atom. The Balaban J connectivity index is 0.000000307. The molecule has 3 nitrogen and oxygen atoms in total. The largest absolute Gasteiger partial charge is 0.508 e. The van der Waals surface area contributed by atoms with Gasteiger partial charge in [0, 0.05) is 12.0 Å². The van der Waals surface area contributed by atoms with Crippen LogP contribution in [-0.2, 0) is 0 Å². The Morgan fingerprint density at radius 2 is 1.85 bits per heavy atom. The van der Waals surface area contributed by atoms with Crippen molar-refractivity contribution < 1.29 is 15.0 Å². The summed E-state index contributed by atoms with van der Waals surface area (Å²) in [5.74, 6) is 1.58. The van der Waals surface area contributed by atoms with Crippen LogP contribution >= 0.6 is 0 Å². The van der Waals surface area contributed by atoms with Crippen molar-refractivity contribution in [3.63, 3.8) is 0 Å². The van der Waals surface area contributed by atoms with Gasteiger partial charge < -0.3 is 10.2 Å². The summed E-state index contributed by atoms with van der Waals surface area (Å²) in [5, 5.41) is 20.0. The normalized spacial score (nSPS) is 34.8. The van der Waals surface area contributed by atoms with Gasteiger partial charge in [-0.05, 0) is 72.0 Å². The first kappa shape index (κ1) is 20.4. The number of carbonyl (C=O) groups is 1. The summed E-state index contributed by atoms with van der Waals surface area (Å²) in [7, 11) is 0. The summed E-state index contributed by atoms with van der Waals surface area (Å²) in [5.41, 5.74) is 2.38. The minimum absolute atomic E-state index is 0.00410. The Labute approximate surface area is 164 Å². The molecule has 5 atom stereocenters. The molecule has 1 aromatic carbocycles. The number of hydrogen-bond acceptors (Lipinski definition) is 3. The number of aromatic hydroxyl groups is 1. The van der Waals surface area contributed by atoms with Gasteiger partial charge in [-0.1, -0.05) is 47.1 Å². The van der Waals surface area contributed by atoms with Gasteiger partial charge in [-0.2, -0.15) is 0 Å². The number of phenolic OH excluding ortho intramolecular Hbond substituents is 1. The fourth-order valence-corrected chi connectivity index (χ4v) is 5.36. The molecule has 27 heavy (non-hydrogen) atoms. The number of Topliss-reactive ketones (excluding diaryl/α,β-unsaturated/α-hetero) is 1. The molecule has 1 aromatic rings. The van der Waals surface area contributed by atoms with Crippen molar-refractivity contribution in [2.45, 2.75) is 85.2 Å². The highest BCUT2D eigenvalue weighted by Crippen LogP contribution is 2.60. The van der Waals surface area contributed by atoms with Crippen LogP contribution in [0.3, 0.4) is 0 Å². The summed E-state index contributed by atoms with van der Waals surface area (Å²) in [6, 6.07) is 5.27. The first-order chi connectivity index (χ1) is 12.6. The third-order valence-corrected chi connectivity index (χ3v) is 7.61. The minimum Gasteiger partial charge on any atom is -0.508 e. The molecular weight excluding hydrogens is 336 g/mol. The lowest BCUT2D eigenvalue weighted by Gasteiger charge is -2.49. The Kier molecular flexibility index (Phi) is 5.46. The zero-order chi connectivity index (χ0) is 20.0. The monoisotopic (exact) mass is 372 g/mol. The van der Waals surface area contributed by atoms with Gasteiger partial charge in [0.15, 0.2) is 5.78 Å². The molecule has 0 aliphatic heterocycles. The molecule has 2 saturated carbocycles. The summed E-state index contributed by atoms with van der Waals surface area (Å²) in [6.07, 6.45) is 5.63. The van der Waals surface area contributed by atoms with Gasteiger partial charge in [0.25, 0.3) is 0 Å². The number of hydrogen-bond donors (Lipinski definition) is 2. The molecule has 0 amide bonds. The van der Waals surface area contributed by atoms with Crippen LogP contribution in [0.1, 0.15) is 95.0 Å². The van der Waals surface area contributed by atoms with E-state index in [0.29, 0.717) is 29.6 Å². The van der Waals surface area contributed by atoms with Crippen molar-refractivity contribution >= 4 is 5.78 Å². The topological polar surface area (TPSA) is 57.5 Å². The molecule has 3 aliphatic rings.